The van der Waals surface area contributed by atoms with Gasteiger partial charge in [-0.2, -0.15) is 0 Å². The van der Waals surface area contributed by atoms with Gasteiger partial charge in [-0.15, -0.1) is 13.2 Å². The largest absolute Gasteiger partial charge is 0.573 e. The van der Waals surface area contributed by atoms with Crippen molar-refractivity contribution in [2.45, 2.75) is 44.7 Å². The van der Waals surface area contributed by atoms with Crippen molar-refractivity contribution in [3.8, 4) is 5.75 Å². The number of rotatable bonds is 5. The monoisotopic (exact) mass is 303 g/mol. The number of alkyl halides is 3. The van der Waals surface area contributed by atoms with Gasteiger partial charge in [0.05, 0.1) is 6.10 Å². The summed E-state index contributed by atoms with van der Waals surface area (Å²) in [5, 5.41) is 12.7. The van der Waals surface area contributed by atoms with Crippen molar-refractivity contribution in [1.82, 2.24) is 5.32 Å². The van der Waals surface area contributed by atoms with E-state index in [1.54, 1.807) is 12.1 Å². The molecule has 2 rings (SSSR count). The van der Waals surface area contributed by atoms with Crippen LogP contribution in [-0.4, -0.2) is 24.1 Å². The Labute approximate surface area is 122 Å². The van der Waals surface area contributed by atoms with Gasteiger partial charge in [-0.25, -0.2) is 0 Å². The van der Waals surface area contributed by atoms with Crippen LogP contribution in [-0.2, 0) is 6.54 Å². The zero-order chi connectivity index (χ0) is 15.3. The zero-order valence-electron chi connectivity index (χ0n) is 11.7. The first-order valence-corrected chi connectivity index (χ1v) is 7.16. The molecule has 0 spiro atoms. The molecule has 0 bridgehead atoms. The van der Waals surface area contributed by atoms with Gasteiger partial charge in [0, 0.05) is 6.54 Å². The first-order valence-electron chi connectivity index (χ1n) is 7.16. The molecule has 1 saturated carbocycles. The summed E-state index contributed by atoms with van der Waals surface area (Å²) in [5.41, 5.74) is 0.757. The molecule has 1 fully saturated rings. The minimum atomic E-state index is -4.66. The maximum Gasteiger partial charge on any atom is 0.573 e. The van der Waals surface area contributed by atoms with Gasteiger partial charge in [-0.05, 0) is 55.8 Å². The van der Waals surface area contributed by atoms with Crippen molar-refractivity contribution < 1.29 is 23.0 Å². The van der Waals surface area contributed by atoms with Crippen molar-refractivity contribution in [3.05, 3.63) is 29.8 Å². The average Bonchev–Trinajstić information content (AvgIpc) is 2.39. The van der Waals surface area contributed by atoms with Crippen LogP contribution in [0.3, 0.4) is 0 Å². The van der Waals surface area contributed by atoms with Gasteiger partial charge >= 0.3 is 6.36 Å². The molecule has 0 aromatic heterocycles. The number of aliphatic hydroxyl groups excluding tert-OH is 1. The van der Waals surface area contributed by atoms with Gasteiger partial charge in [0.1, 0.15) is 5.75 Å². The Morgan fingerprint density at radius 3 is 2.57 bits per heavy atom. The molecule has 1 aromatic carbocycles. The minimum Gasteiger partial charge on any atom is -0.406 e. The molecule has 1 aliphatic rings. The fourth-order valence-corrected chi connectivity index (χ4v) is 2.62. The molecule has 0 radical (unpaired) electrons. The Morgan fingerprint density at radius 2 is 1.90 bits per heavy atom. The van der Waals surface area contributed by atoms with Crippen LogP contribution in [0.25, 0.3) is 0 Å². The zero-order valence-corrected chi connectivity index (χ0v) is 11.7. The molecule has 0 amide bonds. The van der Waals surface area contributed by atoms with Crippen LogP contribution in [0.1, 0.15) is 31.2 Å². The predicted molar refractivity (Wildman–Crippen MR) is 72.8 cm³/mol. The van der Waals surface area contributed by atoms with E-state index in [0.29, 0.717) is 12.5 Å². The Hall–Kier alpha value is -1.27. The molecular weight excluding hydrogens is 283 g/mol. The Balaban J connectivity index is 1.77. The SMILES string of the molecule is OC1CCC(CNCc2cccc(OC(F)(F)F)c2)CC1. The third kappa shape index (κ3) is 5.93. The van der Waals surface area contributed by atoms with Gasteiger partial charge in [0.15, 0.2) is 0 Å². The highest BCUT2D eigenvalue weighted by Gasteiger charge is 2.31. The number of hydrogen-bond acceptors (Lipinski definition) is 3. The minimum absolute atomic E-state index is 0.169. The molecular formula is C15H20F3NO2. The fraction of sp³-hybridized carbons (Fsp3) is 0.600. The van der Waals surface area contributed by atoms with Crippen molar-refractivity contribution in [2.75, 3.05) is 6.54 Å². The second-order valence-corrected chi connectivity index (χ2v) is 5.50. The van der Waals surface area contributed by atoms with Crippen LogP contribution in [0.5, 0.6) is 5.75 Å². The van der Waals surface area contributed by atoms with Crippen LogP contribution in [0, 0.1) is 5.92 Å². The number of nitrogens with one attached hydrogen (secondary N) is 1. The molecule has 0 unspecified atom stereocenters. The van der Waals surface area contributed by atoms with Crippen molar-refractivity contribution >= 4 is 0 Å². The van der Waals surface area contributed by atoms with Crippen LogP contribution in [0.15, 0.2) is 24.3 Å². The molecule has 0 saturated heterocycles. The first-order chi connectivity index (χ1) is 9.92. The number of halogens is 3. The maximum absolute atomic E-state index is 12.1. The van der Waals surface area contributed by atoms with E-state index in [2.05, 4.69) is 10.1 Å². The Morgan fingerprint density at radius 1 is 1.19 bits per heavy atom. The van der Waals surface area contributed by atoms with Gasteiger partial charge in [0.2, 0.25) is 0 Å². The van der Waals surface area contributed by atoms with E-state index in [9.17, 15) is 18.3 Å². The van der Waals surface area contributed by atoms with E-state index in [4.69, 9.17) is 0 Å². The molecule has 1 aliphatic carbocycles. The van der Waals surface area contributed by atoms with E-state index in [1.165, 1.54) is 12.1 Å². The molecule has 0 atom stereocenters. The molecule has 3 nitrogen and oxygen atoms in total. The standard InChI is InChI=1S/C15H20F3NO2/c16-15(17,18)21-14-3-1-2-12(8-14)10-19-9-11-4-6-13(20)7-5-11/h1-3,8,11,13,19-20H,4-7,9-10H2. The maximum atomic E-state index is 12.1. The summed E-state index contributed by atoms with van der Waals surface area (Å²) in [7, 11) is 0. The van der Waals surface area contributed by atoms with Crippen molar-refractivity contribution in [3.63, 3.8) is 0 Å². The second kappa shape index (κ2) is 7.13. The van der Waals surface area contributed by atoms with Crippen molar-refractivity contribution in [2.24, 2.45) is 5.92 Å². The third-order valence-electron chi connectivity index (χ3n) is 3.71. The predicted octanol–water partition coefficient (Wildman–Crippen LogP) is 3.23. The molecule has 2 N–H and O–H groups in total. The Kier molecular flexibility index (Phi) is 5.47. The normalized spacial score (nSPS) is 23.0. The Bertz CT molecular complexity index is 443. The highest BCUT2D eigenvalue weighted by molar-refractivity contribution is 5.28. The topological polar surface area (TPSA) is 41.5 Å². The lowest BCUT2D eigenvalue weighted by Gasteiger charge is -2.25. The smallest absolute Gasteiger partial charge is 0.406 e. The van der Waals surface area contributed by atoms with Crippen LogP contribution in [0.4, 0.5) is 13.2 Å². The summed E-state index contributed by atoms with van der Waals surface area (Å²) >= 11 is 0. The summed E-state index contributed by atoms with van der Waals surface area (Å²) in [6.45, 7) is 1.32. The highest BCUT2D eigenvalue weighted by atomic mass is 19.4. The lowest BCUT2D eigenvalue weighted by molar-refractivity contribution is -0.274. The lowest BCUT2D eigenvalue weighted by Crippen LogP contribution is -2.27. The highest BCUT2D eigenvalue weighted by Crippen LogP contribution is 2.24. The molecule has 6 heteroatoms. The van der Waals surface area contributed by atoms with E-state index in [-0.39, 0.29) is 11.9 Å². The number of benzene rings is 1. The van der Waals surface area contributed by atoms with E-state index < -0.39 is 6.36 Å². The molecule has 21 heavy (non-hydrogen) atoms. The van der Waals surface area contributed by atoms with E-state index >= 15 is 0 Å². The summed E-state index contributed by atoms with van der Waals surface area (Å²) in [5.74, 6) is 0.339. The number of aliphatic hydroxyl groups is 1. The number of hydrogen-bond donors (Lipinski definition) is 2. The van der Waals surface area contributed by atoms with Crippen LogP contribution < -0.4 is 10.1 Å². The van der Waals surface area contributed by atoms with Gasteiger partial charge in [0.25, 0.3) is 0 Å². The molecule has 118 valence electrons. The summed E-state index contributed by atoms with van der Waals surface area (Å²) in [4.78, 5) is 0. The average molecular weight is 303 g/mol. The fourth-order valence-electron chi connectivity index (χ4n) is 2.62. The number of ether oxygens (including phenoxy) is 1. The summed E-state index contributed by atoms with van der Waals surface area (Å²) < 4.78 is 40.3. The molecule has 0 heterocycles. The lowest BCUT2D eigenvalue weighted by atomic mass is 9.87. The van der Waals surface area contributed by atoms with Gasteiger partial charge in [-0.1, -0.05) is 12.1 Å². The van der Waals surface area contributed by atoms with E-state index in [1.807, 2.05) is 0 Å². The van der Waals surface area contributed by atoms with Crippen LogP contribution >= 0.6 is 0 Å². The molecule has 0 aliphatic heterocycles. The third-order valence-corrected chi connectivity index (χ3v) is 3.71. The van der Waals surface area contributed by atoms with Gasteiger partial charge in [-0.3, -0.25) is 0 Å². The molecule has 1 aromatic rings. The quantitative estimate of drug-likeness (QED) is 0.877. The summed E-state index contributed by atoms with van der Waals surface area (Å²) in [6.07, 6.45) is -1.17. The first kappa shape index (κ1) is 16.1. The summed E-state index contributed by atoms with van der Waals surface area (Å²) in [6, 6.07) is 6.00. The second-order valence-electron chi connectivity index (χ2n) is 5.50. The van der Waals surface area contributed by atoms with E-state index in [0.717, 1.165) is 37.8 Å². The van der Waals surface area contributed by atoms with Gasteiger partial charge < -0.3 is 15.2 Å². The van der Waals surface area contributed by atoms with Crippen LogP contribution in [0.2, 0.25) is 0 Å². The van der Waals surface area contributed by atoms with Crippen molar-refractivity contribution in [1.29, 1.82) is 0 Å².